The van der Waals surface area contributed by atoms with Crippen LogP contribution in [-0.4, -0.2) is 21.6 Å². The van der Waals surface area contributed by atoms with E-state index in [-0.39, 0.29) is 0 Å². The van der Waals surface area contributed by atoms with Gasteiger partial charge in [-0.2, -0.15) is 0 Å². The summed E-state index contributed by atoms with van der Waals surface area (Å²) >= 11 is 0. The SMILES string of the molecule is Cc1cc(C(NC(=O)c2ccc(C)n2C)C(=O)O)ccc1F. The second-order valence-electron chi connectivity index (χ2n) is 5.17. The molecule has 6 heteroatoms. The van der Waals surface area contributed by atoms with Gasteiger partial charge in [0.25, 0.3) is 5.91 Å². The molecular formula is C16H17FN2O3. The van der Waals surface area contributed by atoms with E-state index in [4.69, 9.17) is 0 Å². The molecule has 0 spiro atoms. The van der Waals surface area contributed by atoms with Crippen LogP contribution >= 0.6 is 0 Å². The lowest BCUT2D eigenvalue weighted by atomic mass is 10.0. The van der Waals surface area contributed by atoms with E-state index in [1.54, 1.807) is 30.7 Å². The number of nitrogens with zero attached hydrogens (tertiary/aromatic N) is 1. The molecule has 0 aliphatic heterocycles. The van der Waals surface area contributed by atoms with Gasteiger partial charge in [0, 0.05) is 12.7 Å². The molecule has 1 aromatic heterocycles. The molecule has 1 aromatic carbocycles. The molecule has 22 heavy (non-hydrogen) atoms. The zero-order chi connectivity index (χ0) is 16.4. The van der Waals surface area contributed by atoms with Crippen LogP contribution in [0.25, 0.3) is 0 Å². The van der Waals surface area contributed by atoms with Crippen molar-refractivity contribution in [2.45, 2.75) is 19.9 Å². The Morgan fingerprint density at radius 1 is 1.23 bits per heavy atom. The first kappa shape index (κ1) is 15.8. The van der Waals surface area contributed by atoms with Gasteiger partial charge in [0.1, 0.15) is 11.5 Å². The maximum absolute atomic E-state index is 13.3. The van der Waals surface area contributed by atoms with Crippen LogP contribution in [0.15, 0.2) is 30.3 Å². The minimum atomic E-state index is -1.23. The van der Waals surface area contributed by atoms with Gasteiger partial charge < -0.3 is 15.0 Å². The Kier molecular flexibility index (Phi) is 4.30. The van der Waals surface area contributed by atoms with E-state index >= 15 is 0 Å². The third-order valence-corrected chi connectivity index (χ3v) is 3.64. The number of hydrogen-bond donors (Lipinski definition) is 2. The number of carbonyl (C=O) groups excluding carboxylic acids is 1. The number of hydrogen-bond acceptors (Lipinski definition) is 2. The van der Waals surface area contributed by atoms with Gasteiger partial charge in [-0.05, 0) is 43.2 Å². The molecule has 0 bridgehead atoms. The van der Waals surface area contributed by atoms with Gasteiger partial charge in [-0.1, -0.05) is 12.1 Å². The molecule has 0 fully saturated rings. The molecule has 1 amide bonds. The predicted molar refractivity (Wildman–Crippen MR) is 79.1 cm³/mol. The number of aliphatic carboxylic acids is 1. The highest BCUT2D eigenvalue weighted by atomic mass is 19.1. The average Bonchev–Trinajstić information content (AvgIpc) is 2.79. The van der Waals surface area contributed by atoms with Crippen LogP contribution in [0, 0.1) is 19.7 Å². The van der Waals surface area contributed by atoms with E-state index in [0.29, 0.717) is 16.8 Å². The third kappa shape index (κ3) is 3.00. The molecule has 2 N–H and O–H groups in total. The van der Waals surface area contributed by atoms with Crippen molar-refractivity contribution in [1.82, 2.24) is 9.88 Å². The molecular weight excluding hydrogens is 287 g/mol. The monoisotopic (exact) mass is 304 g/mol. The van der Waals surface area contributed by atoms with Crippen LogP contribution in [-0.2, 0) is 11.8 Å². The van der Waals surface area contributed by atoms with E-state index < -0.39 is 23.7 Å². The zero-order valence-electron chi connectivity index (χ0n) is 12.6. The van der Waals surface area contributed by atoms with E-state index in [1.165, 1.54) is 18.2 Å². The molecule has 1 unspecified atom stereocenters. The molecule has 0 aliphatic carbocycles. The minimum Gasteiger partial charge on any atom is -0.479 e. The number of carboxylic acid groups (broad SMARTS) is 1. The van der Waals surface area contributed by atoms with Crippen molar-refractivity contribution in [3.05, 3.63) is 58.7 Å². The van der Waals surface area contributed by atoms with Crippen LogP contribution in [0.3, 0.4) is 0 Å². The van der Waals surface area contributed by atoms with Crippen molar-refractivity contribution in [2.24, 2.45) is 7.05 Å². The lowest BCUT2D eigenvalue weighted by Gasteiger charge is -2.16. The van der Waals surface area contributed by atoms with Gasteiger partial charge in [-0.25, -0.2) is 9.18 Å². The highest BCUT2D eigenvalue weighted by Crippen LogP contribution is 2.18. The molecule has 1 atom stereocenters. The number of carbonyl (C=O) groups is 2. The number of rotatable bonds is 4. The number of halogens is 1. The molecule has 1 heterocycles. The van der Waals surface area contributed by atoms with Crippen molar-refractivity contribution >= 4 is 11.9 Å². The van der Waals surface area contributed by atoms with Gasteiger partial charge in [0.2, 0.25) is 0 Å². The summed E-state index contributed by atoms with van der Waals surface area (Å²) in [5.74, 6) is -2.12. The second-order valence-corrected chi connectivity index (χ2v) is 5.17. The second kappa shape index (κ2) is 6.01. The molecule has 0 saturated heterocycles. The summed E-state index contributed by atoms with van der Waals surface area (Å²) in [6.45, 7) is 3.38. The first-order valence-electron chi connectivity index (χ1n) is 6.73. The van der Waals surface area contributed by atoms with E-state index in [1.807, 2.05) is 6.92 Å². The maximum atomic E-state index is 13.3. The quantitative estimate of drug-likeness (QED) is 0.910. The molecule has 0 saturated carbocycles. The molecule has 2 aromatic rings. The van der Waals surface area contributed by atoms with Crippen molar-refractivity contribution in [1.29, 1.82) is 0 Å². The summed E-state index contributed by atoms with van der Waals surface area (Å²) in [6, 6.07) is 6.13. The number of amides is 1. The Balaban J connectivity index is 2.29. The topological polar surface area (TPSA) is 71.3 Å². The highest BCUT2D eigenvalue weighted by molar-refractivity contribution is 5.95. The Morgan fingerprint density at radius 2 is 1.91 bits per heavy atom. The number of benzene rings is 1. The predicted octanol–water partition coefficient (Wildman–Crippen LogP) is 2.34. The van der Waals surface area contributed by atoms with Gasteiger partial charge in [0.05, 0.1) is 0 Å². The van der Waals surface area contributed by atoms with Gasteiger partial charge in [-0.15, -0.1) is 0 Å². The van der Waals surface area contributed by atoms with Crippen LogP contribution in [0.2, 0.25) is 0 Å². The summed E-state index contributed by atoms with van der Waals surface area (Å²) in [7, 11) is 1.72. The lowest BCUT2D eigenvalue weighted by Crippen LogP contribution is -2.34. The standard InChI is InChI=1S/C16H17FN2O3/c1-9-8-11(5-6-12(9)17)14(16(21)22)18-15(20)13-7-4-10(2)19(13)3/h4-8,14H,1-3H3,(H,18,20)(H,21,22). The largest absolute Gasteiger partial charge is 0.479 e. The summed E-state index contributed by atoms with van der Waals surface area (Å²) in [4.78, 5) is 23.7. The first-order chi connectivity index (χ1) is 10.3. The maximum Gasteiger partial charge on any atom is 0.330 e. The number of carboxylic acids is 1. The number of aryl methyl sites for hydroxylation is 2. The molecule has 0 radical (unpaired) electrons. The first-order valence-corrected chi connectivity index (χ1v) is 6.73. The molecule has 0 aliphatic rings. The van der Waals surface area contributed by atoms with Crippen molar-refractivity contribution in [3.8, 4) is 0 Å². The van der Waals surface area contributed by atoms with Crippen LogP contribution in [0.5, 0.6) is 0 Å². The molecule has 116 valence electrons. The van der Waals surface area contributed by atoms with Gasteiger partial charge in [-0.3, -0.25) is 4.79 Å². The Bertz CT molecular complexity index is 737. The number of aromatic nitrogens is 1. The van der Waals surface area contributed by atoms with Crippen LogP contribution in [0.4, 0.5) is 4.39 Å². The van der Waals surface area contributed by atoms with Crippen molar-refractivity contribution in [3.63, 3.8) is 0 Å². The zero-order valence-corrected chi connectivity index (χ0v) is 12.6. The van der Waals surface area contributed by atoms with Crippen molar-refractivity contribution in [2.75, 3.05) is 0 Å². The van der Waals surface area contributed by atoms with Crippen LogP contribution < -0.4 is 5.32 Å². The van der Waals surface area contributed by atoms with Crippen LogP contribution in [0.1, 0.15) is 33.4 Å². The fraction of sp³-hybridized carbons (Fsp3) is 0.250. The Labute approximate surface area is 127 Å². The fourth-order valence-corrected chi connectivity index (χ4v) is 2.18. The Hall–Kier alpha value is -2.63. The molecule has 5 nitrogen and oxygen atoms in total. The minimum absolute atomic E-state index is 0.325. The van der Waals surface area contributed by atoms with E-state index in [2.05, 4.69) is 5.32 Å². The average molecular weight is 304 g/mol. The smallest absolute Gasteiger partial charge is 0.330 e. The van der Waals surface area contributed by atoms with Gasteiger partial charge in [0.15, 0.2) is 6.04 Å². The summed E-state index contributed by atoms with van der Waals surface area (Å²) in [5.41, 5.74) is 1.90. The van der Waals surface area contributed by atoms with E-state index in [9.17, 15) is 19.1 Å². The highest BCUT2D eigenvalue weighted by Gasteiger charge is 2.24. The van der Waals surface area contributed by atoms with E-state index in [0.717, 1.165) is 5.69 Å². The third-order valence-electron chi connectivity index (χ3n) is 3.64. The van der Waals surface area contributed by atoms with Gasteiger partial charge >= 0.3 is 5.97 Å². The Morgan fingerprint density at radius 3 is 2.41 bits per heavy atom. The van der Waals surface area contributed by atoms with Crippen molar-refractivity contribution < 1.29 is 19.1 Å². The fourth-order valence-electron chi connectivity index (χ4n) is 2.18. The summed E-state index contributed by atoms with van der Waals surface area (Å²) in [6.07, 6.45) is 0. The number of nitrogens with one attached hydrogen (secondary N) is 1. The summed E-state index contributed by atoms with van der Waals surface area (Å²) < 4.78 is 15.0. The lowest BCUT2D eigenvalue weighted by molar-refractivity contribution is -0.139. The normalized spacial score (nSPS) is 12.0. The summed E-state index contributed by atoms with van der Waals surface area (Å²) in [5, 5.41) is 11.8. The molecule has 2 rings (SSSR count).